The molecule has 1 saturated heterocycles. The Morgan fingerprint density at radius 2 is 1.88 bits per heavy atom. The molecule has 144 valence electrons. The molecule has 3 rings (SSSR count). The first kappa shape index (κ1) is 19.6. The number of nitrogens with zero attached hydrogens (tertiary/aromatic N) is 2. The second-order valence-electron chi connectivity index (χ2n) is 6.96. The second kappa shape index (κ2) is 8.25. The van der Waals surface area contributed by atoms with Gasteiger partial charge in [0.05, 0.1) is 12.9 Å². The Bertz CT molecular complexity index is 732. The van der Waals surface area contributed by atoms with E-state index in [1.165, 1.54) is 11.4 Å². The average Bonchev–Trinajstić information content (AvgIpc) is 3.12. The van der Waals surface area contributed by atoms with Crippen LogP contribution in [-0.4, -0.2) is 61.6 Å². The molecule has 1 unspecified atom stereocenters. The van der Waals surface area contributed by atoms with E-state index in [0.29, 0.717) is 24.2 Å². The van der Waals surface area contributed by atoms with Crippen molar-refractivity contribution in [1.82, 2.24) is 9.21 Å². The van der Waals surface area contributed by atoms with Crippen LogP contribution in [0.4, 0.5) is 0 Å². The minimum atomic E-state index is -3.58. The van der Waals surface area contributed by atoms with Crippen LogP contribution in [0.2, 0.25) is 5.02 Å². The summed E-state index contributed by atoms with van der Waals surface area (Å²) in [5, 5.41) is 0.587. The monoisotopic (exact) mass is 400 g/mol. The molecule has 0 radical (unpaired) electrons. The molecule has 1 aromatic rings. The molecule has 1 saturated carbocycles. The molecule has 2 aliphatic rings. The summed E-state index contributed by atoms with van der Waals surface area (Å²) < 4.78 is 32.1. The molecule has 0 N–H and O–H groups in total. The lowest BCUT2D eigenvalue weighted by molar-refractivity contribution is -0.146. The summed E-state index contributed by atoms with van der Waals surface area (Å²) in [6.07, 6.45) is 4.44. The van der Waals surface area contributed by atoms with E-state index in [0.717, 1.165) is 31.2 Å². The van der Waals surface area contributed by atoms with Crippen molar-refractivity contribution >= 4 is 27.6 Å². The number of benzene rings is 1. The molecule has 2 fully saturated rings. The highest BCUT2D eigenvalue weighted by Crippen LogP contribution is 2.27. The lowest BCUT2D eigenvalue weighted by Gasteiger charge is -2.31. The maximum atomic E-state index is 12.9. The van der Waals surface area contributed by atoms with Crippen molar-refractivity contribution < 1.29 is 17.9 Å². The standard InChI is InChI=1S/C18H25ClN2O4S/c1-25-18(22)17-13-20(16-4-2-3-5-16)10-11-26(23,24)21(17)12-14-6-8-15(19)9-7-14/h6-9,16-17H,2-5,10-13H2,1H3. The third kappa shape index (κ3) is 4.39. The van der Waals surface area contributed by atoms with E-state index in [4.69, 9.17) is 16.3 Å². The normalized spacial score (nSPS) is 25.1. The van der Waals surface area contributed by atoms with Crippen molar-refractivity contribution in [2.24, 2.45) is 0 Å². The van der Waals surface area contributed by atoms with Crippen LogP contribution in [0.5, 0.6) is 0 Å². The van der Waals surface area contributed by atoms with Crippen molar-refractivity contribution in [3.8, 4) is 0 Å². The fourth-order valence-corrected chi connectivity index (χ4v) is 5.57. The third-order valence-electron chi connectivity index (χ3n) is 5.31. The SMILES string of the molecule is COC(=O)C1CN(C2CCCC2)CCS(=O)(=O)N1Cc1ccc(Cl)cc1. The van der Waals surface area contributed by atoms with Crippen molar-refractivity contribution in [3.63, 3.8) is 0 Å². The lowest BCUT2D eigenvalue weighted by Crippen LogP contribution is -2.49. The molecular formula is C18H25ClN2O4S. The number of carbonyl (C=O) groups is 1. The zero-order chi connectivity index (χ0) is 18.7. The second-order valence-corrected chi connectivity index (χ2v) is 9.44. The zero-order valence-electron chi connectivity index (χ0n) is 14.9. The number of carbonyl (C=O) groups excluding carboxylic acids is 1. The van der Waals surface area contributed by atoms with Crippen LogP contribution >= 0.6 is 11.6 Å². The smallest absolute Gasteiger partial charge is 0.325 e. The van der Waals surface area contributed by atoms with Crippen LogP contribution in [0.15, 0.2) is 24.3 Å². The summed E-state index contributed by atoms with van der Waals surface area (Å²) in [6, 6.07) is 6.53. The Morgan fingerprint density at radius 3 is 2.50 bits per heavy atom. The van der Waals surface area contributed by atoms with Gasteiger partial charge in [-0.25, -0.2) is 8.42 Å². The molecule has 0 bridgehead atoms. The van der Waals surface area contributed by atoms with Gasteiger partial charge in [-0.2, -0.15) is 4.31 Å². The first-order chi connectivity index (χ1) is 12.4. The van der Waals surface area contributed by atoms with Gasteiger partial charge in [-0.05, 0) is 30.5 Å². The number of sulfonamides is 1. The number of esters is 1. The molecule has 0 spiro atoms. The van der Waals surface area contributed by atoms with Crippen molar-refractivity contribution in [3.05, 3.63) is 34.9 Å². The zero-order valence-corrected chi connectivity index (χ0v) is 16.5. The lowest BCUT2D eigenvalue weighted by atomic mass is 10.1. The minimum absolute atomic E-state index is 0.0184. The Balaban J connectivity index is 1.89. The number of hydrogen-bond donors (Lipinski definition) is 0. The molecule has 6 nitrogen and oxygen atoms in total. The third-order valence-corrected chi connectivity index (χ3v) is 7.36. The fraction of sp³-hybridized carbons (Fsp3) is 0.611. The number of ether oxygens (including phenoxy) is 1. The van der Waals surface area contributed by atoms with Gasteiger partial charge >= 0.3 is 5.97 Å². The van der Waals surface area contributed by atoms with E-state index in [9.17, 15) is 13.2 Å². The van der Waals surface area contributed by atoms with E-state index in [2.05, 4.69) is 4.90 Å². The average molecular weight is 401 g/mol. The summed E-state index contributed by atoms with van der Waals surface area (Å²) in [7, 11) is -2.27. The number of hydrogen-bond acceptors (Lipinski definition) is 5. The molecule has 26 heavy (non-hydrogen) atoms. The Morgan fingerprint density at radius 1 is 1.23 bits per heavy atom. The predicted molar refractivity (Wildman–Crippen MR) is 100 cm³/mol. The highest BCUT2D eigenvalue weighted by Gasteiger charge is 2.41. The van der Waals surface area contributed by atoms with Gasteiger partial charge in [-0.1, -0.05) is 36.6 Å². The minimum Gasteiger partial charge on any atom is -0.468 e. The molecule has 1 heterocycles. The van der Waals surface area contributed by atoms with Crippen LogP contribution in [0.1, 0.15) is 31.2 Å². The molecule has 1 aromatic carbocycles. The topological polar surface area (TPSA) is 66.9 Å². The quantitative estimate of drug-likeness (QED) is 0.725. The molecule has 0 aromatic heterocycles. The van der Waals surface area contributed by atoms with E-state index in [-0.39, 0.29) is 12.3 Å². The highest BCUT2D eigenvalue weighted by molar-refractivity contribution is 7.89. The van der Waals surface area contributed by atoms with Gasteiger partial charge in [0.15, 0.2) is 0 Å². The maximum Gasteiger partial charge on any atom is 0.325 e. The van der Waals surface area contributed by atoms with E-state index in [1.54, 1.807) is 24.3 Å². The van der Waals surface area contributed by atoms with Gasteiger partial charge in [0.2, 0.25) is 10.0 Å². The van der Waals surface area contributed by atoms with Crippen molar-refractivity contribution in [1.29, 1.82) is 0 Å². The first-order valence-electron chi connectivity index (χ1n) is 8.96. The predicted octanol–water partition coefficient (Wildman–Crippen LogP) is 2.27. The Hall–Kier alpha value is -1.15. The van der Waals surface area contributed by atoms with E-state index >= 15 is 0 Å². The van der Waals surface area contributed by atoms with Crippen LogP contribution in [0.3, 0.4) is 0 Å². The summed E-state index contributed by atoms with van der Waals surface area (Å²) in [4.78, 5) is 14.6. The summed E-state index contributed by atoms with van der Waals surface area (Å²) >= 11 is 5.92. The van der Waals surface area contributed by atoms with Crippen LogP contribution in [0.25, 0.3) is 0 Å². The van der Waals surface area contributed by atoms with Crippen LogP contribution in [-0.2, 0) is 26.1 Å². The van der Waals surface area contributed by atoms with Gasteiger partial charge in [0.25, 0.3) is 0 Å². The van der Waals surface area contributed by atoms with Gasteiger partial charge in [-0.3, -0.25) is 9.69 Å². The van der Waals surface area contributed by atoms with Gasteiger partial charge in [0.1, 0.15) is 6.04 Å². The van der Waals surface area contributed by atoms with E-state index in [1.807, 2.05) is 0 Å². The summed E-state index contributed by atoms with van der Waals surface area (Å²) in [6.45, 7) is 0.972. The van der Waals surface area contributed by atoms with Gasteiger partial charge in [-0.15, -0.1) is 0 Å². The Labute approximate surface area is 160 Å². The van der Waals surface area contributed by atoms with Gasteiger partial charge < -0.3 is 4.74 Å². The Kier molecular flexibility index (Phi) is 6.22. The molecule has 1 aliphatic carbocycles. The number of halogens is 1. The summed E-state index contributed by atoms with van der Waals surface area (Å²) in [5.74, 6) is -0.489. The van der Waals surface area contributed by atoms with Crippen LogP contribution < -0.4 is 0 Å². The van der Waals surface area contributed by atoms with Gasteiger partial charge in [0, 0.05) is 30.7 Å². The largest absolute Gasteiger partial charge is 0.468 e. The number of rotatable bonds is 4. The van der Waals surface area contributed by atoms with Crippen LogP contribution in [0, 0.1) is 0 Å². The number of methoxy groups -OCH3 is 1. The fourth-order valence-electron chi connectivity index (χ4n) is 3.86. The molecule has 8 heteroatoms. The maximum absolute atomic E-state index is 12.9. The molecular weight excluding hydrogens is 376 g/mol. The summed E-state index contributed by atoms with van der Waals surface area (Å²) in [5.41, 5.74) is 0.793. The molecule has 0 amide bonds. The highest BCUT2D eigenvalue weighted by atomic mass is 35.5. The molecule has 1 aliphatic heterocycles. The van der Waals surface area contributed by atoms with E-state index < -0.39 is 22.0 Å². The van der Waals surface area contributed by atoms with Crippen molar-refractivity contribution in [2.75, 3.05) is 26.0 Å². The first-order valence-corrected chi connectivity index (χ1v) is 11.0. The van der Waals surface area contributed by atoms with Crippen molar-refractivity contribution in [2.45, 2.75) is 44.3 Å². The molecule has 1 atom stereocenters.